The van der Waals surface area contributed by atoms with Crippen molar-refractivity contribution in [2.24, 2.45) is 5.92 Å². The lowest BCUT2D eigenvalue weighted by molar-refractivity contribution is -0.132. The van der Waals surface area contributed by atoms with E-state index in [1.54, 1.807) is 11.0 Å². The van der Waals surface area contributed by atoms with Gasteiger partial charge in [0.1, 0.15) is 5.56 Å². The molecule has 0 aliphatic carbocycles. The summed E-state index contributed by atoms with van der Waals surface area (Å²) in [7, 11) is 1.22. The van der Waals surface area contributed by atoms with E-state index < -0.39 is 5.97 Å². The molecule has 7 heteroatoms. The quantitative estimate of drug-likeness (QED) is 0.648. The van der Waals surface area contributed by atoms with Crippen molar-refractivity contribution in [3.05, 3.63) is 23.8 Å². The molecule has 1 aromatic rings. The van der Waals surface area contributed by atoms with E-state index in [1.165, 1.54) is 26.2 Å². The molecule has 0 aromatic heterocycles. The minimum atomic E-state index is -0.673. The van der Waals surface area contributed by atoms with Crippen LogP contribution in [0.4, 0.5) is 5.69 Å². The van der Waals surface area contributed by atoms with Gasteiger partial charge in [0.2, 0.25) is 11.8 Å². The molecule has 1 saturated heterocycles. The van der Waals surface area contributed by atoms with Gasteiger partial charge in [-0.25, -0.2) is 4.79 Å². The molecule has 0 unspecified atom stereocenters. The molecule has 0 saturated carbocycles. The van der Waals surface area contributed by atoms with Crippen LogP contribution >= 0.6 is 0 Å². The first-order chi connectivity index (χ1) is 10.9. The number of piperidine rings is 1. The van der Waals surface area contributed by atoms with Crippen LogP contribution in [0.2, 0.25) is 0 Å². The van der Waals surface area contributed by atoms with Crippen LogP contribution in [0.1, 0.15) is 30.1 Å². The van der Waals surface area contributed by atoms with Crippen molar-refractivity contribution in [1.29, 1.82) is 0 Å². The van der Waals surface area contributed by atoms with Gasteiger partial charge >= 0.3 is 5.97 Å². The minimum absolute atomic E-state index is 0.00306. The largest absolute Gasteiger partial charge is 0.505 e. The number of rotatable bonds is 3. The van der Waals surface area contributed by atoms with Crippen molar-refractivity contribution < 1.29 is 24.2 Å². The highest BCUT2D eigenvalue weighted by atomic mass is 16.5. The number of anilines is 1. The van der Waals surface area contributed by atoms with Crippen LogP contribution in [-0.4, -0.2) is 48.0 Å². The van der Waals surface area contributed by atoms with Crippen molar-refractivity contribution >= 4 is 23.5 Å². The van der Waals surface area contributed by atoms with Crippen LogP contribution in [0.3, 0.4) is 0 Å². The summed E-state index contributed by atoms with van der Waals surface area (Å²) in [5.74, 6) is -1.44. The highest BCUT2D eigenvalue weighted by molar-refractivity contribution is 5.99. The van der Waals surface area contributed by atoms with E-state index in [0.29, 0.717) is 25.9 Å². The van der Waals surface area contributed by atoms with E-state index in [9.17, 15) is 19.5 Å². The minimum Gasteiger partial charge on any atom is -0.505 e. The van der Waals surface area contributed by atoms with Crippen LogP contribution in [0, 0.1) is 5.92 Å². The topological polar surface area (TPSA) is 95.9 Å². The summed E-state index contributed by atoms with van der Waals surface area (Å²) in [4.78, 5) is 36.8. The Kier molecular flexibility index (Phi) is 5.20. The number of aromatic hydroxyl groups is 1. The Hall–Kier alpha value is -2.57. The van der Waals surface area contributed by atoms with Gasteiger partial charge in [0, 0.05) is 25.9 Å². The Morgan fingerprint density at radius 1 is 1.26 bits per heavy atom. The molecule has 2 N–H and O–H groups in total. The molecule has 124 valence electrons. The fourth-order valence-corrected chi connectivity index (χ4v) is 2.61. The first kappa shape index (κ1) is 16.8. The predicted molar refractivity (Wildman–Crippen MR) is 83.1 cm³/mol. The van der Waals surface area contributed by atoms with Crippen molar-refractivity contribution in [3.8, 4) is 5.75 Å². The SMILES string of the molecule is COC(=O)c1cccc(NC(=O)C2CCN(C(C)=O)CC2)c1O. The Morgan fingerprint density at radius 3 is 2.48 bits per heavy atom. The summed E-state index contributed by atoms with van der Waals surface area (Å²) in [6.07, 6.45) is 1.14. The smallest absolute Gasteiger partial charge is 0.341 e. The standard InChI is InChI=1S/C16H20N2O5/c1-10(19)18-8-6-11(7-9-18)15(21)17-13-5-3-4-12(14(13)20)16(22)23-2/h3-5,11,20H,6-9H2,1-2H3,(H,17,21). The molecule has 1 heterocycles. The van der Waals surface area contributed by atoms with E-state index in [2.05, 4.69) is 10.1 Å². The van der Waals surface area contributed by atoms with Crippen LogP contribution in [0.15, 0.2) is 18.2 Å². The number of esters is 1. The predicted octanol–water partition coefficient (Wildman–Crippen LogP) is 1.38. The molecule has 1 aliphatic rings. The number of hydrogen-bond donors (Lipinski definition) is 2. The number of carbonyl (C=O) groups excluding carboxylic acids is 3. The molecular formula is C16H20N2O5. The van der Waals surface area contributed by atoms with E-state index in [0.717, 1.165) is 0 Å². The third-order valence-corrected chi connectivity index (χ3v) is 4.01. The lowest BCUT2D eigenvalue weighted by Gasteiger charge is -2.30. The van der Waals surface area contributed by atoms with Gasteiger partial charge in [-0.15, -0.1) is 0 Å². The first-order valence-electron chi connectivity index (χ1n) is 7.40. The fraction of sp³-hybridized carbons (Fsp3) is 0.438. The maximum absolute atomic E-state index is 12.3. The molecule has 0 spiro atoms. The lowest BCUT2D eigenvalue weighted by Crippen LogP contribution is -2.40. The maximum atomic E-state index is 12.3. The second kappa shape index (κ2) is 7.13. The van der Waals surface area contributed by atoms with E-state index in [4.69, 9.17) is 0 Å². The summed E-state index contributed by atoms with van der Waals surface area (Å²) in [6, 6.07) is 4.49. The van der Waals surface area contributed by atoms with Gasteiger partial charge in [0.25, 0.3) is 0 Å². The lowest BCUT2D eigenvalue weighted by atomic mass is 9.95. The van der Waals surface area contributed by atoms with Crippen molar-refractivity contribution in [2.45, 2.75) is 19.8 Å². The maximum Gasteiger partial charge on any atom is 0.341 e. The number of phenols is 1. The highest BCUT2D eigenvalue weighted by Gasteiger charge is 2.27. The van der Waals surface area contributed by atoms with Crippen molar-refractivity contribution in [2.75, 3.05) is 25.5 Å². The number of para-hydroxylation sites is 1. The van der Waals surface area contributed by atoms with E-state index in [-0.39, 0.29) is 34.7 Å². The summed E-state index contributed by atoms with van der Waals surface area (Å²) in [6.45, 7) is 2.60. The number of phenolic OH excluding ortho intramolecular Hbond substituents is 1. The van der Waals surface area contributed by atoms with Crippen molar-refractivity contribution in [3.63, 3.8) is 0 Å². The second-order valence-electron chi connectivity index (χ2n) is 5.46. The first-order valence-corrected chi connectivity index (χ1v) is 7.40. The van der Waals surface area contributed by atoms with Gasteiger partial charge < -0.3 is 20.1 Å². The normalized spacial score (nSPS) is 15.1. The van der Waals surface area contributed by atoms with Crippen molar-refractivity contribution in [1.82, 2.24) is 4.90 Å². The molecule has 1 aliphatic heterocycles. The fourth-order valence-electron chi connectivity index (χ4n) is 2.61. The monoisotopic (exact) mass is 320 g/mol. The Morgan fingerprint density at radius 2 is 1.91 bits per heavy atom. The van der Waals surface area contributed by atoms with Crippen LogP contribution in [-0.2, 0) is 14.3 Å². The highest BCUT2D eigenvalue weighted by Crippen LogP contribution is 2.29. The zero-order chi connectivity index (χ0) is 17.0. The van der Waals surface area contributed by atoms with Gasteiger partial charge in [0.15, 0.2) is 5.75 Å². The van der Waals surface area contributed by atoms with Gasteiger partial charge in [-0.3, -0.25) is 9.59 Å². The number of likely N-dealkylation sites (tertiary alicyclic amines) is 1. The second-order valence-corrected chi connectivity index (χ2v) is 5.46. The van der Waals surface area contributed by atoms with Crippen LogP contribution < -0.4 is 5.32 Å². The number of amides is 2. The molecule has 1 fully saturated rings. The van der Waals surface area contributed by atoms with Gasteiger partial charge in [-0.2, -0.15) is 0 Å². The summed E-state index contributed by atoms with van der Waals surface area (Å²) < 4.78 is 4.58. The Balaban J connectivity index is 2.04. The molecule has 0 atom stereocenters. The molecule has 7 nitrogen and oxygen atoms in total. The number of carbonyl (C=O) groups is 3. The van der Waals surface area contributed by atoms with Gasteiger partial charge in [-0.1, -0.05) is 6.07 Å². The third kappa shape index (κ3) is 3.80. The molecule has 0 bridgehead atoms. The molecule has 0 radical (unpaired) electrons. The molecule has 1 aromatic carbocycles. The Bertz CT molecular complexity index is 621. The van der Waals surface area contributed by atoms with E-state index in [1.807, 2.05) is 0 Å². The number of benzene rings is 1. The molecular weight excluding hydrogens is 300 g/mol. The number of nitrogens with zero attached hydrogens (tertiary/aromatic N) is 1. The molecule has 2 amide bonds. The summed E-state index contributed by atoms with van der Waals surface area (Å²) in [5.41, 5.74) is 0.170. The summed E-state index contributed by atoms with van der Waals surface area (Å²) in [5, 5.41) is 12.7. The Labute approximate surface area is 134 Å². The number of ether oxygens (including phenoxy) is 1. The average Bonchev–Trinajstić information content (AvgIpc) is 2.56. The average molecular weight is 320 g/mol. The van der Waals surface area contributed by atoms with E-state index >= 15 is 0 Å². The number of methoxy groups -OCH3 is 1. The molecule has 2 rings (SSSR count). The zero-order valence-corrected chi connectivity index (χ0v) is 13.2. The zero-order valence-electron chi connectivity index (χ0n) is 13.2. The van der Waals surface area contributed by atoms with Gasteiger partial charge in [-0.05, 0) is 25.0 Å². The van der Waals surface area contributed by atoms with Crippen LogP contribution in [0.25, 0.3) is 0 Å². The molecule has 23 heavy (non-hydrogen) atoms. The number of hydrogen-bond acceptors (Lipinski definition) is 5. The third-order valence-electron chi connectivity index (χ3n) is 4.01. The summed E-state index contributed by atoms with van der Waals surface area (Å²) >= 11 is 0. The van der Waals surface area contributed by atoms with Gasteiger partial charge in [0.05, 0.1) is 12.8 Å². The number of nitrogens with one attached hydrogen (secondary N) is 1. The van der Waals surface area contributed by atoms with Crippen LogP contribution in [0.5, 0.6) is 5.75 Å².